The Morgan fingerprint density at radius 1 is 1.21 bits per heavy atom. The second-order valence-corrected chi connectivity index (χ2v) is 6.02. The molecule has 1 aromatic carbocycles. The molecule has 1 heterocycles. The second kappa shape index (κ2) is 5.43. The standard InChI is InChI=1S/C16H21NOS/c1-5-16(6-2,17(3)4)15(18)13-9-7-8-12-10-11-19-14(12)13/h7-11H,5-6H2,1-4H3. The van der Waals surface area contributed by atoms with Gasteiger partial charge in [-0.05, 0) is 49.8 Å². The van der Waals surface area contributed by atoms with Crippen molar-refractivity contribution in [2.45, 2.75) is 32.2 Å². The minimum Gasteiger partial charge on any atom is -0.297 e. The molecule has 3 heteroatoms. The highest BCUT2D eigenvalue weighted by Crippen LogP contribution is 2.32. The molecule has 0 aliphatic carbocycles. The van der Waals surface area contributed by atoms with Crippen molar-refractivity contribution in [2.24, 2.45) is 0 Å². The monoisotopic (exact) mass is 275 g/mol. The Balaban J connectivity index is 2.57. The summed E-state index contributed by atoms with van der Waals surface area (Å²) in [6.45, 7) is 4.19. The number of rotatable bonds is 5. The number of fused-ring (bicyclic) bond motifs is 1. The first-order chi connectivity index (χ1) is 9.06. The summed E-state index contributed by atoms with van der Waals surface area (Å²) < 4.78 is 1.11. The highest BCUT2D eigenvalue weighted by Gasteiger charge is 2.38. The summed E-state index contributed by atoms with van der Waals surface area (Å²) in [4.78, 5) is 15.1. The molecule has 0 saturated heterocycles. The molecule has 2 aromatic rings. The van der Waals surface area contributed by atoms with Crippen LogP contribution in [0.1, 0.15) is 37.0 Å². The van der Waals surface area contributed by atoms with E-state index in [2.05, 4.69) is 36.3 Å². The van der Waals surface area contributed by atoms with E-state index in [4.69, 9.17) is 0 Å². The molecule has 19 heavy (non-hydrogen) atoms. The van der Waals surface area contributed by atoms with Gasteiger partial charge in [-0.15, -0.1) is 11.3 Å². The third-order valence-corrected chi connectivity index (χ3v) is 5.14. The van der Waals surface area contributed by atoms with Crippen molar-refractivity contribution >= 4 is 27.2 Å². The first-order valence-electron chi connectivity index (χ1n) is 6.75. The quantitative estimate of drug-likeness (QED) is 0.762. The Morgan fingerprint density at radius 2 is 1.89 bits per heavy atom. The number of carbonyl (C=O) groups excluding carboxylic acids is 1. The molecule has 102 valence electrons. The van der Waals surface area contributed by atoms with Gasteiger partial charge in [0.05, 0.1) is 5.54 Å². The van der Waals surface area contributed by atoms with Gasteiger partial charge in [0.2, 0.25) is 0 Å². The van der Waals surface area contributed by atoms with Crippen molar-refractivity contribution in [3.05, 3.63) is 35.2 Å². The van der Waals surface area contributed by atoms with Crippen molar-refractivity contribution in [3.63, 3.8) is 0 Å². The number of nitrogens with zero attached hydrogens (tertiary/aromatic N) is 1. The van der Waals surface area contributed by atoms with Crippen LogP contribution < -0.4 is 0 Å². The fourth-order valence-corrected chi connectivity index (χ4v) is 3.74. The summed E-state index contributed by atoms with van der Waals surface area (Å²) in [7, 11) is 4.00. The highest BCUT2D eigenvalue weighted by atomic mass is 32.1. The maximum absolute atomic E-state index is 13.0. The Morgan fingerprint density at radius 3 is 2.47 bits per heavy atom. The zero-order valence-corrected chi connectivity index (χ0v) is 12.9. The molecular formula is C16H21NOS. The SMILES string of the molecule is CCC(CC)(C(=O)c1cccc2ccsc12)N(C)C. The minimum atomic E-state index is -0.391. The second-order valence-electron chi connectivity index (χ2n) is 5.11. The van der Waals surface area contributed by atoms with Gasteiger partial charge in [-0.1, -0.05) is 26.0 Å². The lowest BCUT2D eigenvalue weighted by Gasteiger charge is -2.37. The molecule has 2 nitrogen and oxygen atoms in total. The Bertz CT molecular complexity index is 581. The molecule has 2 rings (SSSR count). The van der Waals surface area contributed by atoms with E-state index in [9.17, 15) is 4.79 Å². The molecule has 0 unspecified atom stereocenters. The Hall–Kier alpha value is -1.19. The minimum absolute atomic E-state index is 0.246. The van der Waals surface area contributed by atoms with Crippen LogP contribution in [0.4, 0.5) is 0 Å². The average Bonchev–Trinajstić information content (AvgIpc) is 2.88. The fraction of sp³-hybridized carbons (Fsp3) is 0.438. The zero-order valence-electron chi connectivity index (χ0n) is 12.1. The predicted molar refractivity (Wildman–Crippen MR) is 83.2 cm³/mol. The van der Waals surface area contributed by atoms with Crippen LogP contribution in [0.5, 0.6) is 0 Å². The smallest absolute Gasteiger partial charge is 0.184 e. The predicted octanol–water partition coefficient (Wildman–Crippen LogP) is 4.20. The van der Waals surface area contributed by atoms with Gasteiger partial charge in [0.25, 0.3) is 0 Å². The van der Waals surface area contributed by atoms with E-state index < -0.39 is 5.54 Å². The van der Waals surface area contributed by atoms with Crippen LogP contribution in [0.25, 0.3) is 10.1 Å². The molecule has 0 aliphatic heterocycles. The van der Waals surface area contributed by atoms with E-state index in [0.29, 0.717) is 0 Å². The Labute approximate surface area is 119 Å². The molecule has 0 bridgehead atoms. The van der Waals surface area contributed by atoms with Gasteiger partial charge in [0.1, 0.15) is 0 Å². The van der Waals surface area contributed by atoms with Crippen LogP contribution in [0.3, 0.4) is 0 Å². The lowest BCUT2D eigenvalue weighted by Crippen LogP contribution is -2.50. The first-order valence-corrected chi connectivity index (χ1v) is 7.63. The molecule has 0 fully saturated rings. The molecule has 0 aliphatic rings. The van der Waals surface area contributed by atoms with Crippen molar-refractivity contribution in [2.75, 3.05) is 14.1 Å². The summed E-state index contributed by atoms with van der Waals surface area (Å²) >= 11 is 1.65. The third-order valence-electron chi connectivity index (χ3n) is 4.17. The lowest BCUT2D eigenvalue weighted by molar-refractivity contribution is 0.0658. The van der Waals surface area contributed by atoms with Gasteiger partial charge in [-0.2, -0.15) is 0 Å². The number of thiophene rings is 1. The number of carbonyl (C=O) groups is 1. The summed E-state index contributed by atoms with van der Waals surface area (Å²) in [5.74, 6) is 0.246. The summed E-state index contributed by atoms with van der Waals surface area (Å²) in [6, 6.07) is 8.09. The topological polar surface area (TPSA) is 20.3 Å². The molecule has 0 radical (unpaired) electrons. The summed E-state index contributed by atoms with van der Waals surface area (Å²) in [6.07, 6.45) is 1.66. The van der Waals surface area contributed by atoms with Crippen molar-refractivity contribution < 1.29 is 4.79 Å². The maximum atomic E-state index is 13.0. The van der Waals surface area contributed by atoms with E-state index in [1.807, 2.05) is 26.2 Å². The first kappa shape index (κ1) is 14.2. The van der Waals surface area contributed by atoms with Crippen LogP contribution in [0.2, 0.25) is 0 Å². The van der Waals surface area contributed by atoms with Crippen LogP contribution in [0, 0.1) is 0 Å². The van der Waals surface area contributed by atoms with Crippen molar-refractivity contribution in [3.8, 4) is 0 Å². The van der Waals surface area contributed by atoms with Gasteiger partial charge in [0, 0.05) is 10.3 Å². The lowest BCUT2D eigenvalue weighted by atomic mass is 9.83. The number of hydrogen-bond donors (Lipinski definition) is 0. The van der Waals surface area contributed by atoms with Crippen molar-refractivity contribution in [1.29, 1.82) is 0 Å². The molecule has 0 amide bonds. The average molecular weight is 275 g/mol. The summed E-state index contributed by atoms with van der Waals surface area (Å²) in [5, 5.41) is 3.21. The van der Waals surface area contributed by atoms with Crippen LogP contribution >= 0.6 is 11.3 Å². The van der Waals surface area contributed by atoms with E-state index >= 15 is 0 Å². The Kier molecular flexibility index (Phi) is 4.07. The fourth-order valence-electron chi connectivity index (χ4n) is 2.83. The normalized spacial score (nSPS) is 12.3. The summed E-state index contributed by atoms with van der Waals surface area (Å²) in [5.41, 5.74) is 0.475. The van der Waals surface area contributed by atoms with E-state index in [-0.39, 0.29) is 5.78 Å². The molecule has 0 N–H and O–H groups in total. The third kappa shape index (κ3) is 2.21. The number of hydrogen-bond acceptors (Lipinski definition) is 3. The molecule has 0 atom stereocenters. The van der Waals surface area contributed by atoms with E-state index in [1.54, 1.807) is 11.3 Å². The largest absolute Gasteiger partial charge is 0.297 e. The molecule has 0 saturated carbocycles. The van der Waals surface area contributed by atoms with E-state index in [1.165, 1.54) is 0 Å². The van der Waals surface area contributed by atoms with Gasteiger partial charge in [-0.25, -0.2) is 0 Å². The van der Waals surface area contributed by atoms with Crippen LogP contribution in [-0.2, 0) is 0 Å². The van der Waals surface area contributed by atoms with Crippen LogP contribution in [-0.4, -0.2) is 30.3 Å². The number of likely N-dealkylation sites (N-methyl/N-ethyl adjacent to an activating group) is 1. The molecular weight excluding hydrogens is 254 g/mol. The molecule has 0 spiro atoms. The van der Waals surface area contributed by atoms with Gasteiger partial charge < -0.3 is 0 Å². The van der Waals surface area contributed by atoms with E-state index in [0.717, 1.165) is 28.5 Å². The zero-order chi connectivity index (χ0) is 14.0. The molecule has 1 aromatic heterocycles. The maximum Gasteiger partial charge on any atom is 0.184 e. The van der Waals surface area contributed by atoms with Gasteiger partial charge >= 0.3 is 0 Å². The number of benzene rings is 1. The van der Waals surface area contributed by atoms with Crippen LogP contribution in [0.15, 0.2) is 29.6 Å². The van der Waals surface area contributed by atoms with Crippen molar-refractivity contribution in [1.82, 2.24) is 4.90 Å². The van der Waals surface area contributed by atoms with Gasteiger partial charge in [0.15, 0.2) is 5.78 Å². The number of ketones is 1. The van der Waals surface area contributed by atoms with Gasteiger partial charge in [-0.3, -0.25) is 9.69 Å². The number of Topliss-reactive ketones (excluding diaryl/α,β-unsaturated/α-hetero) is 1. The highest BCUT2D eigenvalue weighted by molar-refractivity contribution is 7.17.